The normalized spacial score (nSPS) is 17.2. The molecule has 1 saturated heterocycles. The number of aliphatic hydroxyl groups excluding tert-OH is 4. The molecule has 1 aliphatic heterocycles. The Bertz CT molecular complexity index is 2660. The summed E-state index contributed by atoms with van der Waals surface area (Å²) in [6.45, 7) is 4.91. The third kappa shape index (κ3) is 21.6. The Labute approximate surface area is 476 Å². The highest BCUT2D eigenvalue weighted by molar-refractivity contribution is 6.00. The van der Waals surface area contributed by atoms with Crippen molar-refractivity contribution in [2.75, 3.05) is 19.8 Å². The summed E-state index contributed by atoms with van der Waals surface area (Å²) in [4.78, 5) is 171. The number of carboxylic acids is 1. The lowest BCUT2D eigenvalue weighted by molar-refractivity contribution is -0.145. The van der Waals surface area contributed by atoms with Gasteiger partial charge in [0.25, 0.3) is 0 Å². The summed E-state index contributed by atoms with van der Waals surface area (Å²) in [6.07, 6.45) is -4.51. The van der Waals surface area contributed by atoms with Crippen molar-refractivity contribution in [3.8, 4) is 5.75 Å². The molecule has 1 fully saturated rings. The van der Waals surface area contributed by atoms with E-state index in [0.717, 1.165) is 25.7 Å². The van der Waals surface area contributed by atoms with Crippen LogP contribution in [0, 0.1) is 0 Å². The van der Waals surface area contributed by atoms with E-state index in [1.54, 1.807) is 30.3 Å². The average molecular weight is 1170 g/mol. The van der Waals surface area contributed by atoms with Crippen molar-refractivity contribution in [1.29, 1.82) is 0 Å². The number of likely N-dealkylation sites (tertiary alicyclic amines) is 1. The number of nitrogens with zero attached hydrogens (tertiary/aromatic N) is 1. The number of nitrogens with two attached hydrogens (primary N) is 1. The van der Waals surface area contributed by atoms with Gasteiger partial charge in [0.1, 0.15) is 72.2 Å². The number of amides is 12. The summed E-state index contributed by atoms with van der Waals surface area (Å²) in [5.74, 6) is -13.7. The average Bonchev–Trinajstić information content (AvgIpc) is 3.94. The molecule has 3 rings (SSSR count). The second-order valence-corrected chi connectivity index (χ2v) is 19.8. The van der Waals surface area contributed by atoms with Gasteiger partial charge in [-0.3, -0.25) is 62.3 Å². The number of phenolic OH excluding ortho intramolecular Hbond substituents is 1. The lowest BCUT2D eigenvalue weighted by atomic mass is 10.0. The maximum Gasteiger partial charge on any atom is 0.305 e. The summed E-state index contributed by atoms with van der Waals surface area (Å²) in [5, 5.41) is 82.6. The summed E-state index contributed by atoms with van der Waals surface area (Å²) in [5.41, 5.74) is 6.71. The number of hydrogen-bond donors (Lipinski definition) is 17. The molecule has 0 unspecified atom stereocenters. The largest absolute Gasteiger partial charge is 0.508 e. The molecule has 12 amide bonds. The van der Waals surface area contributed by atoms with Crippen molar-refractivity contribution in [2.45, 2.75) is 152 Å². The highest BCUT2D eigenvalue weighted by Crippen LogP contribution is 2.20. The summed E-state index contributed by atoms with van der Waals surface area (Å²) < 4.78 is 0. The Morgan fingerprint density at radius 2 is 0.964 bits per heavy atom. The number of phenols is 1. The van der Waals surface area contributed by atoms with Gasteiger partial charge in [0.05, 0.1) is 31.8 Å². The minimum atomic E-state index is -2.04. The second-order valence-electron chi connectivity index (χ2n) is 19.8. The van der Waals surface area contributed by atoms with Crippen LogP contribution in [0.5, 0.6) is 5.75 Å². The van der Waals surface area contributed by atoms with Crippen LogP contribution in [0.3, 0.4) is 0 Å². The smallest absolute Gasteiger partial charge is 0.305 e. The molecule has 18 N–H and O–H groups in total. The molecule has 0 bridgehead atoms. The predicted molar refractivity (Wildman–Crippen MR) is 288 cm³/mol. The molecule has 31 nitrogen and oxygen atoms in total. The minimum absolute atomic E-state index is 0.0179. The van der Waals surface area contributed by atoms with Gasteiger partial charge in [-0.25, -0.2) is 0 Å². The first-order valence-electron chi connectivity index (χ1n) is 26.2. The van der Waals surface area contributed by atoms with Crippen molar-refractivity contribution in [3.05, 3.63) is 65.7 Å². The van der Waals surface area contributed by atoms with E-state index in [4.69, 9.17) is 5.73 Å². The van der Waals surface area contributed by atoms with E-state index >= 15 is 0 Å². The van der Waals surface area contributed by atoms with Crippen molar-refractivity contribution >= 4 is 76.9 Å². The molecule has 456 valence electrons. The second kappa shape index (κ2) is 32.6. The number of aliphatic carboxylic acids is 1. The Morgan fingerprint density at radius 3 is 1.48 bits per heavy atom. The van der Waals surface area contributed by atoms with Crippen LogP contribution in [-0.2, 0) is 75.2 Å². The lowest BCUT2D eigenvalue weighted by Gasteiger charge is -2.32. The van der Waals surface area contributed by atoms with Gasteiger partial charge in [-0.1, -0.05) is 42.5 Å². The van der Waals surface area contributed by atoms with Gasteiger partial charge in [0.2, 0.25) is 70.9 Å². The number of nitrogens with one attached hydrogen (secondary N) is 10. The van der Waals surface area contributed by atoms with Gasteiger partial charge < -0.3 is 94.4 Å². The topological polar surface area (TPSA) is 493 Å². The fourth-order valence-electron chi connectivity index (χ4n) is 8.24. The van der Waals surface area contributed by atoms with Crippen molar-refractivity contribution in [1.82, 2.24) is 58.1 Å². The quantitative estimate of drug-likeness (QED) is 0.0333. The van der Waals surface area contributed by atoms with Crippen LogP contribution in [0.1, 0.15) is 71.9 Å². The van der Waals surface area contributed by atoms with Gasteiger partial charge in [0, 0.05) is 26.3 Å². The van der Waals surface area contributed by atoms with Crippen molar-refractivity contribution in [2.24, 2.45) is 5.73 Å². The predicted octanol–water partition coefficient (Wildman–Crippen LogP) is -7.20. The molecule has 0 saturated carbocycles. The molecule has 13 atom stereocenters. The summed E-state index contributed by atoms with van der Waals surface area (Å²) >= 11 is 0. The van der Waals surface area contributed by atoms with E-state index in [1.165, 1.54) is 45.0 Å². The van der Waals surface area contributed by atoms with E-state index in [-0.39, 0.29) is 38.0 Å². The van der Waals surface area contributed by atoms with Gasteiger partial charge in [0.15, 0.2) is 0 Å². The molecule has 31 heteroatoms. The highest BCUT2D eigenvalue weighted by atomic mass is 16.4. The van der Waals surface area contributed by atoms with Crippen molar-refractivity contribution in [3.63, 3.8) is 0 Å². The summed E-state index contributed by atoms with van der Waals surface area (Å²) in [6, 6.07) is -2.79. The van der Waals surface area contributed by atoms with Gasteiger partial charge in [-0.15, -0.1) is 0 Å². The van der Waals surface area contributed by atoms with Gasteiger partial charge >= 0.3 is 5.97 Å². The number of aliphatic hydroxyl groups is 4. The van der Waals surface area contributed by atoms with Crippen LogP contribution in [0.25, 0.3) is 0 Å². The molecular formula is C52H74N12O19. The van der Waals surface area contributed by atoms with Gasteiger partial charge in [-0.2, -0.15) is 0 Å². The zero-order chi connectivity index (χ0) is 62.4. The molecule has 1 heterocycles. The van der Waals surface area contributed by atoms with Crippen LogP contribution in [0.15, 0.2) is 54.6 Å². The highest BCUT2D eigenvalue weighted by Gasteiger charge is 2.42. The third-order valence-electron chi connectivity index (χ3n) is 12.9. The fourth-order valence-corrected chi connectivity index (χ4v) is 8.24. The molecule has 0 aromatic heterocycles. The third-order valence-corrected chi connectivity index (χ3v) is 12.9. The molecule has 83 heavy (non-hydrogen) atoms. The van der Waals surface area contributed by atoms with Crippen molar-refractivity contribution < 1.29 is 93.0 Å². The number of hydrogen-bond acceptors (Lipinski definition) is 18. The molecule has 2 aromatic rings. The molecule has 0 radical (unpaired) electrons. The Morgan fingerprint density at radius 1 is 0.530 bits per heavy atom. The first-order valence-corrected chi connectivity index (χ1v) is 26.2. The number of benzene rings is 2. The Kier molecular flexibility index (Phi) is 26.9. The van der Waals surface area contributed by atoms with E-state index in [9.17, 15) is 93.0 Å². The van der Waals surface area contributed by atoms with E-state index in [1.807, 2.05) is 10.6 Å². The van der Waals surface area contributed by atoms with Gasteiger partial charge in [-0.05, 0) is 70.7 Å². The standard InChI is InChI=1S/C52H74N12O19/c1-24(43(74)54-25(2)45(76)59-34(20-30-11-8-7-9-12-30)46(77)55-26(3)44(75)58-33(42(53)73)19-31-14-16-32(70)17-15-31)56-50(81)38-13-10-18-64(38)52(83)41(28(5)68)63-51(82)40(27(4)67)62-47(78)35(21-39(71)72)60-49(80)37(23-66)61-48(79)36(22-65)57-29(6)69/h7-9,11-12,14-17,24-28,33-38,40-41,65-68,70H,10,13,18-23H2,1-6H3,(H2,53,73)(H,54,74)(H,55,77)(H,56,81)(H,57,69)(H,58,75)(H,59,76)(H,60,80)(H,61,79)(H,62,78)(H,63,82)(H,71,72)/t24-,25-,26-,27+,28+,33-,34-,35-,36-,37-,38-,40-,41-/m0/s1. The molecule has 2 aromatic carbocycles. The van der Waals surface area contributed by atoms with Crippen LogP contribution in [0.2, 0.25) is 0 Å². The van der Waals surface area contributed by atoms with Crippen LogP contribution in [-0.4, -0.2) is 211 Å². The van der Waals surface area contributed by atoms with E-state index in [0.29, 0.717) is 11.1 Å². The molecule has 0 aliphatic carbocycles. The SMILES string of the molecule is CC(=O)N[C@@H](CO)C(=O)N[C@@H](CO)C(=O)N[C@@H](CC(=O)O)C(=O)N[C@H](C(=O)N[C@H](C(=O)N1CCC[C@H]1C(=O)N[C@@H](C)C(=O)N[C@@H](C)C(=O)N[C@@H](Cc1ccccc1)C(=O)N[C@@H](C)C(=O)N[C@@H](Cc1ccc(O)cc1)C(N)=O)[C@@H](C)O)[C@@H](C)O. The molecular weight excluding hydrogens is 1100 g/mol. The lowest BCUT2D eigenvalue weighted by Crippen LogP contribution is -2.63. The number of aromatic hydroxyl groups is 1. The zero-order valence-electron chi connectivity index (χ0n) is 46.4. The fraction of sp³-hybridized carbons (Fsp3) is 0.519. The number of rotatable bonds is 31. The van der Waals surface area contributed by atoms with E-state index in [2.05, 4.69) is 42.5 Å². The van der Waals surface area contributed by atoms with E-state index < -0.39 is 175 Å². The van der Waals surface area contributed by atoms with Crippen LogP contribution < -0.4 is 58.9 Å². The first-order chi connectivity index (χ1) is 39.0. The number of carbonyl (C=O) groups is 13. The Hall–Kier alpha value is -8.81. The minimum Gasteiger partial charge on any atom is -0.508 e. The molecule has 1 aliphatic rings. The Balaban J connectivity index is 1.67. The maximum absolute atomic E-state index is 14.0. The molecule has 0 spiro atoms. The first kappa shape index (κ1) is 68.5. The maximum atomic E-state index is 14.0. The van der Waals surface area contributed by atoms with Crippen LogP contribution >= 0.6 is 0 Å². The monoisotopic (exact) mass is 1170 g/mol. The number of carboxylic acid groups (broad SMARTS) is 1. The van der Waals surface area contributed by atoms with Crippen LogP contribution in [0.4, 0.5) is 0 Å². The number of primary amides is 1. The summed E-state index contributed by atoms with van der Waals surface area (Å²) in [7, 11) is 0. The zero-order valence-corrected chi connectivity index (χ0v) is 46.4. The number of carbonyl (C=O) groups excluding carboxylic acids is 12.